The molecule has 0 aromatic heterocycles. The predicted molar refractivity (Wildman–Crippen MR) is 80.5 cm³/mol. The summed E-state index contributed by atoms with van der Waals surface area (Å²) in [6.07, 6.45) is 0.725. The van der Waals surface area contributed by atoms with Gasteiger partial charge in [-0.05, 0) is 67.4 Å². The Morgan fingerprint density at radius 2 is 1.89 bits per heavy atom. The first-order chi connectivity index (χ1) is 9.10. The third-order valence-corrected chi connectivity index (χ3v) is 3.45. The Balaban J connectivity index is 2.29. The van der Waals surface area contributed by atoms with Crippen molar-refractivity contribution >= 4 is 23.2 Å². The largest absolute Gasteiger partial charge is 0.457 e. The first kappa shape index (κ1) is 14.2. The zero-order chi connectivity index (χ0) is 13.8. The van der Waals surface area contributed by atoms with Crippen molar-refractivity contribution in [3.8, 4) is 11.5 Å². The van der Waals surface area contributed by atoms with Crippen molar-refractivity contribution in [3.05, 3.63) is 57.6 Å². The second-order valence-corrected chi connectivity index (χ2v) is 5.15. The summed E-state index contributed by atoms with van der Waals surface area (Å²) in [5, 5.41) is 1.41. The van der Waals surface area contributed by atoms with Crippen molar-refractivity contribution in [1.82, 2.24) is 0 Å². The quantitative estimate of drug-likeness (QED) is 0.895. The van der Waals surface area contributed by atoms with E-state index in [2.05, 4.69) is 0 Å². The van der Waals surface area contributed by atoms with Gasteiger partial charge in [0, 0.05) is 10.0 Å². The van der Waals surface area contributed by atoms with Gasteiger partial charge in [0.2, 0.25) is 0 Å². The minimum absolute atomic E-state index is 0.552. The van der Waals surface area contributed by atoms with E-state index in [4.69, 9.17) is 33.7 Å². The standard InChI is InChI=1S/C15H15Cl2NO/c1-10-8-13(3-4-14(10)17)19-15-5-2-12(16)9-11(15)6-7-18/h2-5,8-9H,6-7,18H2,1H3. The molecule has 0 bridgehead atoms. The van der Waals surface area contributed by atoms with Crippen LogP contribution in [0.4, 0.5) is 0 Å². The molecule has 100 valence electrons. The normalized spacial score (nSPS) is 10.5. The minimum Gasteiger partial charge on any atom is -0.457 e. The third-order valence-electron chi connectivity index (χ3n) is 2.79. The number of hydrogen-bond acceptors (Lipinski definition) is 2. The molecule has 0 radical (unpaired) electrons. The maximum atomic E-state index is 6.00. The molecule has 2 aromatic rings. The Labute approximate surface area is 123 Å². The average Bonchev–Trinajstić information content (AvgIpc) is 2.37. The van der Waals surface area contributed by atoms with E-state index < -0.39 is 0 Å². The molecule has 2 rings (SSSR count). The van der Waals surface area contributed by atoms with Gasteiger partial charge in [0.25, 0.3) is 0 Å². The average molecular weight is 296 g/mol. The van der Waals surface area contributed by atoms with Crippen LogP contribution < -0.4 is 10.5 Å². The van der Waals surface area contributed by atoms with Gasteiger partial charge in [-0.2, -0.15) is 0 Å². The number of rotatable bonds is 4. The van der Waals surface area contributed by atoms with E-state index in [1.54, 1.807) is 6.07 Å². The summed E-state index contributed by atoms with van der Waals surface area (Å²) < 4.78 is 5.88. The van der Waals surface area contributed by atoms with Crippen LogP contribution in [0, 0.1) is 6.92 Å². The predicted octanol–water partition coefficient (Wildman–Crippen LogP) is 4.60. The molecule has 0 aliphatic carbocycles. The molecular weight excluding hydrogens is 281 g/mol. The molecular formula is C15H15Cl2NO. The van der Waals surface area contributed by atoms with Crippen molar-refractivity contribution in [1.29, 1.82) is 0 Å². The molecule has 2 nitrogen and oxygen atoms in total. The Hall–Kier alpha value is -1.22. The smallest absolute Gasteiger partial charge is 0.130 e. The first-order valence-electron chi connectivity index (χ1n) is 6.02. The molecule has 2 N–H and O–H groups in total. The van der Waals surface area contributed by atoms with E-state index >= 15 is 0 Å². The van der Waals surface area contributed by atoms with Gasteiger partial charge in [-0.1, -0.05) is 23.2 Å². The van der Waals surface area contributed by atoms with Crippen LogP contribution in [0.2, 0.25) is 10.0 Å². The van der Waals surface area contributed by atoms with Crippen molar-refractivity contribution in [2.24, 2.45) is 5.73 Å². The van der Waals surface area contributed by atoms with Crippen molar-refractivity contribution in [3.63, 3.8) is 0 Å². The lowest BCUT2D eigenvalue weighted by molar-refractivity contribution is 0.476. The third kappa shape index (κ3) is 3.63. The fourth-order valence-corrected chi connectivity index (χ4v) is 2.12. The second-order valence-electron chi connectivity index (χ2n) is 4.30. The van der Waals surface area contributed by atoms with Crippen LogP contribution >= 0.6 is 23.2 Å². The summed E-state index contributed by atoms with van der Waals surface area (Å²) >= 11 is 12.0. The summed E-state index contributed by atoms with van der Waals surface area (Å²) in [5.74, 6) is 1.53. The van der Waals surface area contributed by atoms with E-state index in [0.717, 1.165) is 34.1 Å². The molecule has 0 heterocycles. The number of ether oxygens (including phenoxy) is 1. The Morgan fingerprint density at radius 1 is 1.11 bits per heavy atom. The molecule has 2 aromatic carbocycles. The van der Waals surface area contributed by atoms with Gasteiger partial charge in [-0.25, -0.2) is 0 Å². The minimum atomic E-state index is 0.552. The van der Waals surface area contributed by atoms with E-state index in [9.17, 15) is 0 Å². The zero-order valence-corrected chi connectivity index (χ0v) is 12.1. The molecule has 0 saturated heterocycles. The summed E-state index contributed by atoms with van der Waals surface area (Å²) in [7, 11) is 0. The lowest BCUT2D eigenvalue weighted by atomic mass is 10.1. The highest BCUT2D eigenvalue weighted by Crippen LogP contribution is 2.30. The fraction of sp³-hybridized carbons (Fsp3) is 0.200. The van der Waals surface area contributed by atoms with Crippen LogP contribution in [-0.4, -0.2) is 6.54 Å². The number of hydrogen-bond donors (Lipinski definition) is 1. The highest BCUT2D eigenvalue weighted by Gasteiger charge is 2.06. The topological polar surface area (TPSA) is 35.2 Å². The van der Waals surface area contributed by atoms with Crippen LogP contribution in [0.25, 0.3) is 0 Å². The van der Waals surface area contributed by atoms with Gasteiger partial charge in [0.05, 0.1) is 0 Å². The van der Waals surface area contributed by atoms with Crippen molar-refractivity contribution < 1.29 is 4.74 Å². The SMILES string of the molecule is Cc1cc(Oc2ccc(Cl)cc2CCN)ccc1Cl. The van der Waals surface area contributed by atoms with Gasteiger partial charge >= 0.3 is 0 Å². The van der Waals surface area contributed by atoms with E-state index in [-0.39, 0.29) is 0 Å². The molecule has 19 heavy (non-hydrogen) atoms. The summed E-state index contributed by atoms with van der Waals surface area (Å²) in [4.78, 5) is 0. The monoisotopic (exact) mass is 295 g/mol. The molecule has 0 amide bonds. The summed E-state index contributed by atoms with van der Waals surface area (Å²) in [5.41, 5.74) is 7.58. The van der Waals surface area contributed by atoms with Crippen LogP contribution in [0.5, 0.6) is 11.5 Å². The molecule has 0 unspecified atom stereocenters. The molecule has 0 atom stereocenters. The van der Waals surface area contributed by atoms with Gasteiger partial charge in [0.15, 0.2) is 0 Å². The van der Waals surface area contributed by atoms with Crippen LogP contribution in [0.3, 0.4) is 0 Å². The summed E-state index contributed by atoms with van der Waals surface area (Å²) in [6, 6.07) is 11.1. The maximum absolute atomic E-state index is 6.00. The molecule has 0 saturated carbocycles. The second kappa shape index (κ2) is 6.29. The lowest BCUT2D eigenvalue weighted by Gasteiger charge is -2.12. The molecule has 0 aliphatic rings. The Bertz CT molecular complexity index is 584. The number of nitrogens with two attached hydrogens (primary N) is 1. The van der Waals surface area contributed by atoms with Gasteiger partial charge < -0.3 is 10.5 Å². The fourth-order valence-electron chi connectivity index (χ4n) is 1.81. The summed E-state index contributed by atoms with van der Waals surface area (Å²) in [6.45, 7) is 2.49. The van der Waals surface area contributed by atoms with Gasteiger partial charge in [-0.3, -0.25) is 0 Å². The molecule has 0 aliphatic heterocycles. The van der Waals surface area contributed by atoms with Gasteiger partial charge in [0.1, 0.15) is 11.5 Å². The number of aryl methyl sites for hydroxylation is 1. The molecule has 4 heteroatoms. The lowest BCUT2D eigenvalue weighted by Crippen LogP contribution is -2.04. The van der Waals surface area contributed by atoms with Gasteiger partial charge in [-0.15, -0.1) is 0 Å². The van der Waals surface area contributed by atoms with E-state index in [1.807, 2.05) is 37.3 Å². The first-order valence-corrected chi connectivity index (χ1v) is 6.78. The maximum Gasteiger partial charge on any atom is 0.130 e. The van der Waals surface area contributed by atoms with Crippen LogP contribution in [0.15, 0.2) is 36.4 Å². The zero-order valence-electron chi connectivity index (χ0n) is 10.6. The van der Waals surface area contributed by atoms with Crippen LogP contribution in [0.1, 0.15) is 11.1 Å². The highest BCUT2D eigenvalue weighted by molar-refractivity contribution is 6.31. The highest BCUT2D eigenvalue weighted by atomic mass is 35.5. The Kier molecular flexibility index (Phi) is 4.70. The molecule has 0 fully saturated rings. The number of halogens is 2. The number of benzene rings is 2. The molecule has 0 spiro atoms. The Morgan fingerprint density at radius 3 is 2.58 bits per heavy atom. The van der Waals surface area contributed by atoms with Crippen molar-refractivity contribution in [2.45, 2.75) is 13.3 Å². The van der Waals surface area contributed by atoms with E-state index in [0.29, 0.717) is 11.6 Å². The van der Waals surface area contributed by atoms with E-state index in [1.165, 1.54) is 0 Å². The van der Waals surface area contributed by atoms with Crippen molar-refractivity contribution in [2.75, 3.05) is 6.54 Å². The van der Waals surface area contributed by atoms with Crippen LogP contribution in [-0.2, 0) is 6.42 Å².